The molecule has 0 saturated carbocycles. The zero-order chi connectivity index (χ0) is 28.3. The molecule has 6 aromatic rings. The first-order valence-electron chi connectivity index (χ1n) is 12.9. The lowest BCUT2D eigenvalue weighted by Crippen LogP contribution is -2.04. The molecule has 0 radical (unpaired) electrons. The summed E-state index contributed by atoms with van der Waals surface area (Å²) in [6.07, 6.45) is 0. The van der Waals surface area contributed by atoms with E-state index < -0.39 is 23.3 Å². The lowest BCUT2D eigenvalue weighted by Gasteiger charge is -2.22. The highest BCUT2D eigenvalue weighted by Gasteiger charge is 2.21. The van der Waals surface area contributed by atoms with Gasteiger partial charge in [-0.15, -0.1) is 9.24 Å². The fourth-order valence-electron chi connectivity index (χ4n) is 5.79. The molecular weight excluding hydrogens is 527 g/mol. The van der Waals surface area contributed by atoms with Crippen LogP contribution < -0.4 is 5.30 Å². The molecule has 40 heavy (non-hydrogen) atoms. The predicted octanol–water partition coefficient (Wildman–Crippen LogP) is 9.98. The molecule has 1 unspecified atom stereocenters. The Morgan fingerprint density at radius 2 is 0.975 bits per heavy atom. The quantitative estimate of drug-likeness (QED) is 0.151. The van der Waals surface area contributed by atoms with Crippen molar-refractivity contribution in [3.05, 3.63) is 125 Å². The summed E-state index contributed by atoms with van der Waals surface area (Å²) in [6.45, 7) is 5.54. The molecule has 5 heteroatoms. The Labute approximate surface area is 232 Å². The number of halogens is 4. The van der Waals surface area contributed by atoms with Crippen LogP contribution in [-0.2, 0) is 0 Å². The van der Waals surface area contributed by atoms with Gasteiger partial charge in [0.25, 0.3) is 0 Å². The van der Waals surface area contributed by atoms with Crippen LogP contribution in [0.15, 0.2) is 84.9 Å². The van der Waals surface area contributed by atoms with E-state index in [0.717, 1.165) is 54.9 Å². The summed E-state index contributed by atoms with van der Waals surface area (Å²) in [6, 6.07) is 25.8. The van der Waals surface area contributed by atoms with Crippen molar-refractivity contribution >= 4 is 36.1 Å². The Hall–Kier alpha value is -4.01. The van der Waals surface area contributed by atoms with E-state index in [2.05, 4.69) is 21.4 Å². The number of hydrogen-bond donors (Lipinski definition) is 0. The molecule has 0 aromatic heterocycles. The molecule has 0 amide bonds. The Morgan fingerprint density at radius 1 is 0.525 bits per heavy atom. The van der Waals surface area contributed by atoms with Crippen LogP contribution in [0.1, 0.15) is 16.7 Å². The number of aryl methyl sites for hydroxylation is 1. The van der Waals surface area contributed by atoms with Crippen molar-refractivity contribution in [3.63, 3.8) is 0 Å². The smallest absolute Gasteiger partial charge is 0.165 e. The molecule has 0 fully saturated rings. The van der Waals surface area contributed by atoms with E-state index in [9.17, 15) is 17.6 Å². The molecule has 0 spiro atoms. The minimum atomic E-state index is -0.908. The molecule has 0 aliphatic heterocycles. The minimum Gasteiger partial charge on any atom is -0.204 e. The van der Waals surface area contributed by atoms with E-state index in [0.29, 0.717) is 11.1 Å². The predicted molar refractivity (Wildman–Crippen MR) is 161 cm³/mol. The van der Waals surface area contributed by atoms with Gasteiger partial charge in [-0.25, -0.2) is 17.6 Å². The second kappa shape index (κ2) is 9.87. The summed E-state index contributed by atoms with van der Waals surface area (Å²) >= 11 is 0. The summed E-state index contributed by atoms with van der Waals surface area (Å²) in [5.41, 5.74) is 6.71. The first kappa shape index (κ1) is 26.2. The van der Waals surface area contributed by atoms with E-state index in [1.807, 2.05) is 62.4 Å². The van der Waals surface area contributed by atoms with Gasteiger partial charge < -0.3 is 0 Å². The van der Waals surface area contributed by atoms with Gasteiger partial charge in [0.05, 0.1) is 0 Å². The molecule has 198 valence electrons. The van der Waals surface area contributed by atoms with Crippen molar-refractivity contribution < 1.29 is 17.6 Å². The summed E-state index contributed by atoms with van der Waals surface area (Å²) in [5.74, 6) is -3.53. The van der Waals surface area contributed by atoms with Crippen LogP contribution in [-0.4, -0.2) is 0 Å². The highest BCUT2D eigenvalue weighted by atomic mass is 31.0. The fraction of sp³-hybridized carbons (Fsp3) is 0.0857. The van der Waals surface area contributed by atoms with Gasteiger partial charge in [-0.1, -0.05) is 48.5 Å². The lowest BCUT2D eigenvalue weighted by atomic mass is 9.82. The van der Waals surface area contributed by atoms with Crippen LogP contribution in [0.2, 0.25) is 0 Å². The van der Waals surface area contributed by atoms with Crippen LogP contribution in [0.4, 0.5) is 17.6 Å². The highest BCUT2D eigenvalue weighted by molar-refractivity contribution is 7.27. The summed E-state index contributed by atoms with van der Waals surface area (Å²) in [7, 11) is 2.27. The molecule has 0 bridgehead atoms. The zero-order valence-electron chi connectivity index (χ0n) is 22.2. The van der Waals surface area contributed by atoms with Gasteiger partial charge in [-0.3, -0.25) is 0 Å². The van der Waals surface area contributed by atoms with Gasteiger partial charge in [-0.05, 0) is 129 Å². The van der Waals surface area contributed by atoms with Gasteiger partial charge in [0.2, 0.25) is 0 Å². The van der Waals surface area contributed by atoms with Gasteiger partial charge in [0.1, 0.15) is 0 Å². The van der Waals surface area contributed by atoms with E-state index in [4.69, 9.17) is 0 Å². The van der Waals surface area contributed by atoms with Gasteiger partial charge in [-0.2, -0.15) is 0 Å². The Bertz CT molecular complexity index is 1800. The maximum atomic E-state index is 14.6. The standard InChI is InChI=1S/C35H25F4P/c1-18-12-23(15-29(36)34(18)38)27-13-21-8-4-6-10-25(21)32(19(27)2)33-20(3)28(14-22-9-5-7-11-26(22)33)24-16-30(37)35(39)31(40)17-24/h4-17H,40H2,1-3H3. The van der Waals surface area contributed by atoms with E-state index >= 15 is 0 Å². The van der Waals surface area contributed by atoms with Crippen molar-refractivity contribution in [1.29, 1.82) is 0 Å². The molecule has 0 aliphatic rings. The number of benzene rings is 6. The van der Waals surface area contributed by atoms with Crippen LogP contribution in [0.5, 0.6) is 0 Å². The van der Waals surface area contributed by atoms with E-state index in [1.165, 1.54) is 12.1 Å². The first-order chi connectivity index (χ1) is 19.2. The number of fused-ring (bicyclic) bond motifs is 2. The molecule has 0 heterocycles. The largest absolute Gasteiger partial charge is 0.204 e. The summed E-state index contributed by atoms with van der Waals surface area (Å²) in [4.78, 5) is 0. The first-order valence-corrected chi connectivity index (χ1v) is 13.5. The minimum absolute atomic E-state index is 0.154. The SMILES string of the molecule is Cc1cc(-c2cc3ccccc3c(-c3c(C)c(-c4cc(F)c(F)c(P)c4)cc4ccccc34)c2C)cc(F)c1F. The number of hydrogen-bond acceptors (Lipinski definition) is 0. The van der Waals surface area contributed by atoms with Crippen molar-refractivity contribution in [2.24, 2.45) is 0 Å². The van der Waals surface area contributed by atoms with E-state index in [1.54, 1.807) is 19.1 Å². The Balaban J connectivity index is 1.76. The topological polar surface area (TPSA) is 0 Å². The molecule has 0 nitrogen and oxygen atoms in total. The molecule has 6 aromatic carbocycles. The maximum absolute atomic E-state index is 14.6. The summed E-state index contributed by atoms with van der Waals surface area (Å²) in [5, 5.41) is 4.07. The molecule has 0 aliphatic carbocycles. The zero-order valence-corrected chi connectivity index (χ0v) is 23.3. The molecule has 0 saturated heterocycles. The van der Waals surface area contributed by atoms with Gasteiger partial charge in [0, 0.05) is 5.30 Å². The average molecular weight is 553 g/mol. The van der Waals surface area contributed by atoms with Crippen LogP contribution >= 0.6 is 9.24 Å². The number of rotatable bonds is 3. The van der Waals surface area contributed by atoms with E-state index in [-0.39, 0.29) is 10.9 Å². The van der Waals surface area contributed by atoms with Crippen molar-refractivity contribution in [2.75, 3.05) is 0 Å². The highest BCUT2D eigenvalue weighted by Crippen LogP contribution is 2.45. The second-order valence-corrected chi connectivity index (χ2v) is 10.9. The average Bonchev–Trinajstić information content (AvgIpc) is 2.94. The molecule has 1 atom stereocenters. The molecular formula is C35H25F4P. The summed E-state index contributed by atoms with van der Waals surface area (Å²) < 4.78 is 57.5. The third-order valence-electron chi connectivity index (χ3n) is 7.76. The molecule has 6 rings (SSSR count). The van der Waals surface area contributed by atoms with Crippen molar-refractivity contribution in [2.45, 2.75) is 20.8 Å². The second-order valence-electron chi connectivity index (χ2n) is 10.2. The molecule has 0 N–H and O–H groups in total. The monoisotopic (exact) mass is 552 g/mol. The third kappa shape index (κ3) is 4.19. The lowest BCUT2D eigenvalue weighted by molar-refractivity contribution is 0.503. The van der Waals surface area contributed by atoms with Crippen LogP contribution in [0, 0.1) is 44.0 Å². The van der Waals surface area contributed by atoms with Gasteiger partial charge >= 0.3 is 0 Å². The Kier molecular flexibility index (Phi) is 6.47. The van der Waals surface area contributed by atoms with Gasteiger partial charge in [0.15, 0.2) is 23.3 Å². The van der Waals surface area contributed by atoms with Crippen molar-refractivity contribution in [1.82, 2.24) is 0 Å². The normalized spacial score (nSPS) is 11.5. The Morgan fingerprint density at radius 3 is 1.45 bits per heavy atom. The third-order valence-corrected chi connectivity index (χ3v) is 8.18. The van der Waals surface area contributed by atoms with Crippen LogP contribution in [0.3, 0.4) is 0 Å². The van der Waals surface area contributed by atoms with Crippen molar-refractivity contribution in [3.8, 4) is 33.4 Å². The maximum Gasteiger partial charge on any atom is 0.165 e. The fourth-order valence-corrected chi connectivity index (χ4v) is 6.11. The van der Waals surface area contributed by atoms with Crippen LogP contribution in [0.25, 0.3) is 54.9 Å².